The molecule has 0 radical (unpaired) electrons. The van der Waals surface area contributed by atoms with Crippen molar-refractivity contribution >= 4 is 43.6 Å². The number of rotatable bonds is 4. The molecule has 0 unspecified atom stereocenters. The minimum Gasteiger partial charge on any atom is -0.294 e. The molecule has 0 spiro atoms. The Morgan fingerprint density at radius 1 is 0.357 bits per heavy atom. The minimum atomic E-state index is -0.0263. The monoisotopic (exact) mass is 896 g/mol. The van der Waals surface area contributed by atoms with Crippen LogP contribution in [0.25, 0.3) is 111 Å². The minimum absolute atomic E-state index is 0.0263. The lowest BCUT2D eigenvalue weighted by atomic mass is 9.82. The predicted molar refractivity (Wildman–Crippen MR) is 290 cm³/mol. The van der Waals surface area contributed by atoms with Gasteiger partial charge in [-0.25, -0.2) is 9.97 Å². The molecule has 12 aromatic rings. The van der Waals surface area contributed by atoms with Crippen LogP contribution in [0.2, 0.25) is 0 Å². The fraction of sp³-hybridized carbons (Fsp3) is 0.121. The highest BCUT2D eigenvalue weighted by Gasteiger charge is 2.37. The summed E-state index contributed by atoms with van der Waals surface area (Å²) >= 11 is 0. The van der Waals surface area contributed by atoms with Crippen LogP contribution in [-0.4, -0.2) is 19.1 Å². The molecule has 0 saturated carbocycles. The summed E-state index contributed by atoms with van der Waals surface area (Å²) in [7, 11) is 0. The maximum atomic E-state index is 4.99. The molecule has 332 valence electrons. The number of aromatic nitrogens is 4. The molecule has 0 amide bonds. The topological polar surface area (TPSA) is 35.6 Å². The largest absolute Gasteiger partial charge is 0.294 e. The molecule has 15 rings (SSSR count). The van der Waals surface area contributed by atoms with Gasteiger partial charge in [-0.15, -0.1) is 0 Å². The second kappa shape index (κ2) is 14.1. The van der Waals surface area contributed by atoms with Crippen molar-refractivity contribution in [2.45, 2.75) is 51.4 Å². The van der Waals surface area contributed by atoms with E-state index < -0.39 is 0 Å². The molecule has 0 fully saturated rings. The molecule has 4 heteroatoms. The lowest BCUT2D eigenvalue weighted by Gasteiger charge is -2.22. The van der Waals surface area contributed by atoms with Crippen LogP contribution >= 0.6 is 0 Å². The van der Waals surface area contributed by atoms with Crippen molar-refractivity contribution in [3.8, 4) is 67.3 Å². The Labute approximate surface area is 407 Å². The second-order valence-electron chi connectivity index (χ2n) is 20.9. The first-order chi connectivity index (χ1) is 34.2. The van der Waals surface area contributed by atoms with Crippen LogP contribution in [0.3, 0.4) is 0 Å². The van der Waals surface area contributed by atoms with E-state index in [-0.39, 0.29) is 10.8 Å². The summed E-state index contributed by atoms with van der Waals surface area (Å²) in [4.78, 5) is 9.95. The van der Waals surface area contributed by atoms with Gasteiger partial charge in [-0.3, -0.25) is 9.13 Å². The summed E-state index contributed by atoms with van der Waals surface area (Å²) in [5.74, 6) is 1.85. The molecule has 3 aliphatic rings. The fourth-order valence-corrected chi connectivity index (χ4v) is 13.1. The molecule has 0 aliphatic heterocycles. The molecule has 4 aromatic heterocycles. The third-order valence-corrected chi connectivity index (χ3v) is 16.5. The number of fused-ring (bicyclic) bond motifs is 16. The standard InChI is InChI=1S/C66H48N4/c1-65(2)55-15-7-5-13-45(55)50-33-39(20-27-57(50)65)41-23-30-60-52(35-41)48-26-25-44-47(64(48)70(60)63-18-10-12-32-68-63)24-19-43-37-54-53-36-42(22-29-59(53)69(61(54)38-49(43)44)62-17-9-11-31-67-62)40-21-28-58-51(34-40)46-14-6-8-16-56(46)66(58,3)4/h5-18,20-23,25-38H,19,24H2,1-4H3. The van der Waals surface area contributed by atoms with Crippen LogP contribution in [-0.2, 0) is 23.7 Å². The molecule has 70 heavy (non-hydrogen) atoms. The number of hydrogen-bond donors (Lipinski definition) is 0. The van der Waals surface area contributed by atoms with Crippen molar-refractivity contribution in [3.63, 3.8) is 0 Å². The SMILES string of the molecule is CC1(C)c2ccccc2-c2cc(-c3ccc4c(c3)c3cc5c(cc3n4-c3ccccn3)-c3ccc4c6cc(-c7ccc8c(c7)-c7ccccc7C8(C)C)ccc6n(-c6ccccn6)c4c3CC5)ccc21. The van der Waals surface area contributed by atoms with E-state index in [9.17, 15) is 0 Å². The second-order valence-corrected chi connectivity index (χ2v) is 20.9. The van der Waals surface area contributed by atoms with Gasteiger partial charge in [0.05, 0.1) is 22.1 Å². The third-order valence-electron chi connectivity index (χ3n) is 16.5. The van der Waals surface area contributed by atoms with Gasteiger partial charge in [-0.1, -0.05) is 137 Å². The first-order valence-electron chi connectivity index (χ1n) is 24.8. The summed E-state index contributed by atoms with van der Waals surface area (Å²) < 4.78 is 4.79. The molecular weight excluding hydrogens is 849 g/mol. The van der Waals surface area contributed by atoms with E-state index in [2.05, 4.69) is 207 Å². The number of hydrogen-bond acceptors (Lipinski definition) is 2. The van der Waals surface area contributed by atoms with E-state index in [1.807, 2.05) is 24.5 Å². The van der Waals surface area contributed by atoms with Crippen LogP contribution in [0.1, 0.15) is 61.1 Å². The van der Waals surface area contributed by atoms with Crippen LogP contribution in [0.5, 0.6) is 0 Å². The smallest absolute Gasteiger partial charge is 0.137 e. The van der Waals surface area contributed by atoms with Crippen molar-refractivity contribution in [1.29, 1.82) is 0 Å². The highest BCUT2D eigenvalue weighted by atomic mass is 15.1. The summed E-state index contributed by atoms with van der Waals surface area (Å²) in [5, 5.41) is 5.00. The lowest BCUT2D eigenvalue weighted by Crippen LogP contribution is -2.14. The molecule has 0 saturated heterocycles. The molecule has 4 nitrogen and oxygen atoms in total. The van der Waals surface area contributed by atoms with Gasteiger partial charge in [0, 0.05) is 44.8 Å². The zero-order valence-electron chi connectivity index (χ0n) is 39.7. The zero-order chi connectivity index (χ0) is 46.6. The quantitative estimate of drug-likeness (QED) is 0.176. The molecule has 4 heterocycles. The van der Waals surface area contributed by atoms with Crippen molar-refractivity contribution in [3.05, 3.63) is 228 Å². The Kier molecular flexibility index (Phi) is 7.99. The van der Waals surface area contributed by atoms with Crippen molar-refractivity contribution in [1.82, 2.24) is 19.1 Å². The molecule has 0 N–H and O–H groups in total. The highest BCUT2D eigenvalue weighted by molar-refractivity contribution is 6.15. The summed E-state index contributed by atoms with van der Waals surface area (Å²) in [6, 6.07) is 68.3. The maximum absolute atomic E-state index is 4.99. The van der Waals surface area contributed by atoms with Gasteiger partial charge in [-0.2, -0.15) is 0 Å². The first-order valence-corrected chi connectivity index (χ1v) is 24.8. The Morgan fingerprint density at radius 3 is 1.46 bits per heavy atom. The maximum Gasteiger partial charge on any atom is 0.137 e. The van der Waals surface area contributed by atoms with Crippen molar-refractivity contribution in [2.24, 2.45) is 0 Å². The van der Waals surface area contributed by atoms with Gasteiger partial charge in [-0.05, 0) is 175 Å². The Balaban J connectivity index is 0.910. The van der Waals surface area contributed by atoms with E-state index in [4.69, 9.17) is 9.97 Å². The van der Waals surface area contributed by atoms with E-state index in [0.717, 1.165) is 35.5 Å². The van der Waals surface area contributed by atoms with Gasteiger partial charge >= 0.3 is 0 Å². The molecule has 0 atom stereocenters. The van der Waals surface area contributed by atoms with Gasteiger partial charge in [0.25, 0.3) is 0 Å². The Bertz CT molecular complexity index is 4100. The molecule has 8 aromatic carbocycles. The van der Waals surface area contributed by atoms with E-state index in [1.165, 1.54) is 122 Å². The average molecular weight is 897 g/mol. The van der Waals surface area contributed by atoms with Crippen LogP contribution < -0.4 is 0 Å². The summed E-state index contributed by atoms with van der Waals surface area (Å²) in [5.41, 5.74) is 25.9. The van der Waals surface area contributed by atoms with Gasteiger partial charge in [0.1, 0.15) is 11.6 Å². The number of benzene rings is 8. The average Bonchev–Trinajstić information content (AvgIpc) is 4.06. The zero-order valence-corrected chi connectivity index (χ0v) is 39.7. The molecule has 0 bridgehead atoms. The van der Waals surface area contributed by atoms with E-state index >= 15 is 0 Å². The summed E-state index contributed by atoms with van der Waals surface area (Å²) in [6.07, 6.45) is 5.69. The van der Waals surface area contributed by atoms with E-state index in [1.54, 1.807) is 0 Å². The van der Waals surface area contributed by atoms with Crippen molar-refractivity contribution < 1.29 is 0 Å². The summed E-state index contributed by atoms with van der Waals surface area (Å²) in [6.45, 7) is 9.40. The Morgan fingerprint density at radius 2 is 0.857 bits per heavy atom. The van der Waals surface area contributed by atoms with Crippen LogP contribution in [0, 0.1) is 0 Å². The normalized spacial score (nSPS) is 14.7. The highest BCUT2D eigenvalue weighted by Crippen LogP contribution is 2.52. The third kappa shape index (κ3) is 5.36. The lowest BCUT2D eigenvalue weighted by molar-refractivity contribution is 0.660. The predicted octanol–water partition coefficient (Wildman–Crippen LogP) is 16.4. The van der Waals surface area contributed by atoms with E-state index in [0.29, 0.717) is 0 Å². The number of nitrogens with zero attached hydrogens (tertiary/aromatic N) is 4. The van der Waals surface area contributed by atoms with Crippen LogP contribution in [0.4, 0.5) is 0 Å². The first kappa shape index (κ1) is 39.6. The van der Waals surface area contributed by atoms with Gasteiger partial charge in [0.2, 0.25) is 0 Å². The number of aryl methyl sites for hydroxylation is 2. The van der Waals surface area contributed by atoms with Crippen molar-refractivity contribution in [2.75, 3.05) is 0 Å². The van der Waals surface area contributed by atoms with Crippen LogP contribution in [0.15, 0.2) is 194 Å². The number of pyridine rings is 2. The molecule has 3 aliphatic carbocycles. The Hall–Kier alpha value is -8.34. The van der Waals surface area contributed by atoms with Gasteiger partial charge in [0.15, 0.2) is 0 Å². The van der Waals surface area contributed by atoms with Gasteiger partial charge < -0.3 is 0 Å². The fourth-order valence-electron chi connectivity index (χ4n) is 13.1. The molecular formula is C66H48N4.